The molecule has 2 amide bonds. The van der Waals surface area contributed by atoms with Crippen molar-refractivity contribution in [3.8, 4) is 16.9 Å². The Bertz CT molecular complexity index is 968. The van der Waals surface area contributed by atoms with E-state index in [0.29, 0.717) is 22.6 Å². The Hall–Kier alpha value is -3.60. The van der Waals surface area contributed by atoms with Gasteiger partial charge in [0.1, 0.15) is 5.75 Å². The molecule has 3 rings (SSSR count). The van der Waals surface area contributed by atoms with Gasteiger partial charge in [-0.15, -0.1) is 0 Å². The second kappa shape index (κ2) is 8.19. The molecular formula is C22H20N2O3. The van der Waals surface area contributed by atoms with Crippen LogP contribution in [0.1, 0.15) is 15.9 Å². The van der Waals surface area contributed by atoms with Crippen LogP contribution in [0.25, 0.3) is 11.1 Å². The minimum Gasteiger partial charge on any atom is -0.483 e. The van der Waals surface area contributed by atoms with Crippen LogP contribution in [-0.4, -0.2) is 18.4 Å². The van der Waals surface area contributed by atoms with Crippen molar-refractivity contribution in [2.75, 3.05) is 11.9 Å². The van der Waals surface area contributed by atoms with E-state index in [-0.39, 0.29) is 12.5 Å². The normalized spacial score (nSPS) is 10.3. The van der Waals surface area contributed by atoms with E-state index < -0.39 is 5.91 Å². The Morgan fingerprint density at radius 3 is 2.37 bits per heavy atom. The van der Waals surface area contributed by atoms with Crippen molar-refractivity contribution < 1.29 is 14.3 Å². The van der Waals surface area contributed by atoms with Gasteiger partial charge in [0.2, 0.25) is 0 Å². The first-order chi connectivity index (χ1) is 13.1. The molecule has 3 aromatic rings. The highest BCUT2D eigenvalue weighted by Crippen LogP contribution is 2.29. The van der Waals surface area contributed by atoms with Gasteiger partial charge in [-0.1, -0.05) is 60.7 Å². The molecule has 0 aliphatic carbocycles. The number of carbonyl (C=O) groups is 2. The van der Waals surface area contributed by atoms with Crippen molar-refractivity contribution in [2.24, 2.45) is 5.73 Å². The van der Waals surface area contributed by atoms with Gasteiger partial charge in [0.25, 0.3) is 11.8 Å². The van der Waals surface area contributed by atoms with Crippen LogP contribution in [0.4, 0.5) is 5.69 Å². The van der Waals surface area contributed by atoms with Gasteiger partial charge in [-0.3, -0.25) is 9.59 Å². The minimum absolute atomic E-state index is 0.185. The van der Waals surface area contributed by atoms with E-state index >= 15 is 0 Å². The first kappa shape index (κ1) is 18.2. The summed E-state index contributed by atoms with van der Waals surface area (Å²) in [7, 11) is 0. The van der Waals surface area contributed by atoms with Crippen LogP contribution in [-0.2, 0) is 4.79 Å². The molecule has 0 aromatic heterocycles. The molecule has 136 valence electrons. The second-order valence-electron chi connectivity index (χ2n) is 6.06. The number of nitrogens with one attached hydrogen (secondary N) is 1. The van der Waals surface area contributed by atoms with Crippen molar-refractivity contribution in [1.82, 2.24) is 0 Å². The summed E-state index contributed by atoms with van der Waals surface area (Å²) < 4.78 is 5.73. The summed E-state index contributed by atoms with van der Waals surface area (Å²) in [6.07, 6.45) is 0. The van der Waals surface area contributed by atoms with Crippen LogP contribution in [0.2, 0.25) is 0 Å². The van der Waals surface area contributed by atoms with E-state index in [9.17, 15) is 9.59 Å². The largest absolute Gasteiger partial charge is 0.483 e. The number of amides is 2. The molecule has 0 atom stereocenters. The van der Waals surface area contributed by atoms with Gasteiger partial charge in [-0.25, -0.2) is 0 Å². The van der Waals surface area contributed by atoms with Crippen molar-refractivity contribution >= 4 is 17.5 Å². The number of benzene rings is 3. The molecule has 0 aliphatic rings. The highest BCUT2D eigenvalue weighted by molar-refractivity contribution is 6.04. The second-order valence-corrected chi connectivity index (χ2v) is 6.06. The molecular weight excluding hydrogens is 340 g/mol. The molecule has 0 unspecified atom stereocenters. The fourth-order valence-electron chi connectivity index (χ4n) is 2.88. The summed E-state index contributed by atoms with van der Waals surface area (Å²) in [6, 6.07) is 22.5. The van der Waals surface area contributed by atoms with Crippen LogP contribution in [0.15, 0.2) is 72.8 Å². The molecule has 0 radical (unpaired) electrons. The van der Waals surface area contributed by atoms with Crippen LogP contribution >= 0.6 is 0 Å². The summed E-state index contributed by atoms with van der Waals surface area (Å²) in [6.45, 7) is 1.58. The topological polar surface area (TPSA) is 81.4 Å². The summed E-state index contributed by atoms with van der Waals surface area (Å²) in [5.74, 6) is -0.345. The van der Waals surface area contributed by atoms with Crippen molar-refractivity contribution in [1.29, 1.82) is 0 Å². The first-order valence-electron chi connectivity index (χ1n) is 8.53. The van der Waals surface area contributed by atoms with Gasteiger partial charge < -0.3 is 15.8 Å². The Morgan fingerprint density at radius 2 is 1.63 bits per heavy atom. The Labute approximate surface area is 157 Å². The molecule has 0 saturated heterocycles. The van der Waals surface area contributed by atoms with E-state index in [2.05, 4.69) is 5.32 Å². The Kier molecular flexibility index (Phi) is 5.52. The quantitative estimate of drug-likeness (QED) is 0.702. The van der Waals surface area contributed by atoms with Crippen molar-refractivity contribution in [3.05, 3.63) is 83.9 Å². The fourth-order valence-corrected chi connectivity index (χ4v) is 2.88. The Balaban J connectivity index is 1.73. The highest BCUT2D eigenvalue weighted by atomic mass is 16.5. The number of rotatable bonds is 6. The average molecular weight is 360 g/mol. The lowest BCUT2D eigenvalue weighted by Gasteiger charge is -2.13. The number of ether oxygens (including phenoxy) is 1. The summed E-state index contributed by atoms with van der Waals surface area (Å²) in [5.41, 5.74) is 8.71. The first-order valence-corrected chi connectivity index (χ1v) is 8.53. The Morgan fingerprint density at radius 1 is 0.926 bits per heavy atom. The van der Waals surface area contributed by atoms with Crippen molar-refractivity contribution in [3.63, 3.8) is 0 Å². The van der Waals surface area contributed by atoms with Gasteiger partial charge in [0, 0.05) is 5.56 Å². The van der Waals surface area contributed by atoms with Gasteiger partial charge in [0.15, 0.2) is 6.61 Å². The fraction of sp³-hybridized carbons (Fsp3) is 0.0909. The third kappa shape index (κ3) is 4.33. The number of anilines is 1. The van der Waals surface area contributed by atoms with E-state index in [0.717, 1.165) is 11.1 Å². The zero-order valence-electron chi connectivity index (χ0n) is 14.9. The molecule has 3 aromatic carbocycles. The number of primary amides is 1. The molecule has 5 heteroatoms. The maximum Gasteiger partial charge on any atom is 0.262 e. The number of hydrogen-bond acceptors (Lipinski definition) is 3. The minimum atomic E-state index is -0.584. The SMILES string of the molecule is Cc1cccc(NC(=O)COc2ccccc2-c2ccccc2)c1C(N)=O. The van der Waals surface area contributed by atoms with Crippen LogP contribution in [0.3, 0.4) is 0 Å². The third-order valence-electron chi connectivity index (χ3n) is 4.12. The van der Waals surface area contributed by atoms with Crippen LogP contribution in [0, 0.1) is 6.92 Å². The number of aryl methyl sites for hydroxylation is 1. The molecule has 0 fully saturated rings. The predicted octanol–water partition coefficient (Wildman–Crippen LogP) is 3.78. The zero-order chi connectivity index (χ0) is 19.2. The molecule has 0 bridgehead atoms. The number of nitrogens with two attached hydrogens (primary N) is 1. The van der Waals surface area contributed by atoms with Gasteiger partial charge in [-0.05, 0) is 30.2 Å². The maximum absolute atomic E-state index is 12.3. The average Bonchev–Trinajstić information content (AvgIpc) is 2.67. The number of para-hydroxylation sites is 1. The third-order valence-corrected chi connectivity index (χ3v) is 4.12. The van der Waals surface area contributed by atoms with Gasteiger partial charge in [-0.2, -0.15) is 0 Å². The molecule has 0 saturated carbocycles. The summed E-state index contributed by atoms with van der Waals surface area (Å²) in [4.78, 5) is 24.0. The molecule has 0 aliphatic heterocycles. The standard InChI is InChI=1S/C22H20N2O3/c1-15-8-7-12-18(21(15)22(23)26)24-20(25)14-27-19-13-6-5-11-17(19)16-9-3-2-4-10-16/h2-13H,14H2,1H3,(H2,23,26)(H,24,25). The van der Waals surface area contributed by atoms with Gasteiger partial charge >= 0.3 is 0 Å². The molecule has 3 N–H and O–H groups in total. The lowest BCUT2D eigenvalue weighted by molar-refractivity contribution is -0.118. The smallest absolute Gasteiger partial charge is 0.262 e. The lowest BCUT2D eigenvalue weighted by atomic mass is 10.1. The monoisotopic (exact) mass is 360 g/mol. The van der Waals surface area contributed by atoms with Crippen LogP contribution < -0.4 is 15.8 Å². The molecule has 5 nitrogen and oxygen atoms in total. The predicted molar refractivity (Wildman–Crippen MR) is 106 cm³/mol. The van der Waals surface area contributed by atoms with E-state index in [1.165, 1.54) is 0 Å². The highest BCUT2D eigenvalue weighted by Gasteiger charge is 2.14. The van der Waals surface area contributed by atoms with E-state index in [4.69, 9.17) is 10.5 Å². The maximum atomic E-state index is 12.3. The number of carbonyl (C=O) groups excluding carboxylic acids is 2. The molecule has 0 heterocycles. The number of hydrogen-bond donors (Lipinski definition) is 2. The summed E-state index contributed by atoms with van der Waals surface area (Å²) >= 11 is 0. The van der Waals surface area contributed by atoms with E-state index in [1.807, 2.05) is 54.6 Å². The van der Waals surface area contributed by atoms with Crippen LogP contribution in [0.5, 0.6) is 5.75 Å². The molecule has 27 heavy (non-hydrogen) atoms. The van der Waals surface area contributed by atoms with Gasteiger partial charge in [0.05, 0.1) is 11.3 Å². The zero-order valence-corrected chi connectivity index (χ0v) is 14.9. The molecule has 0 spiro atoms. The summed E-state index contributed by atoms with van der Waals surface area (Å²) in [5, 5.41) is 2.70. The lowest BCUT2D eigenvalue weighted by Crippen LogP contribution is -2.23. The van der Waals surface area contributed by atoms with E-state index in [1.54, 1.807) is 25.1 Å². The van der Waals surface area contributed by atoms with Crippen molar-refractivity contribution in [2.45, 2.75) is 6.92 Å².